The first-order valence-electron chi connectivity index (χ1n) is 3.17. The van der Waals surface area contributed by atoms with Crippen molar-refractivity contribution in [1.29, 1.82) is 0 Å². The summed E-state index contributed by atoms with van der Waals surface area (Å²) < 4.78 is 3.51. The molecular weight excluding hydrogens is 194 g/mol. The minimum absolute atomic E-state index is 0.310. The van der Waals surface area contributed by atoms with Gasteiger partial charge in [0.1, 0.15) is 0 Å². The number of aromatic nitrogens is 2. The van der Waals surface area contributed by atoms with E-state index in [4.69, 9.17) is 5.11 Å². The molecule has 0 bridgehead atoms. The van der Waals surface area contributed by atoms with Gasteiger partial charge in [-0.2, -0.15) is 0 Å². The maximum atomic E-state index is 10.9. The van der Waals surface area contributed by atoms with E-state index in [1.54, 1.807) is 0 Å². The van der Waals surface area contributed by atoms with Crippen LogP contribution in [0.4, 0.5) is 5.82 Å². The molecule has 0 saturated heterocycles. The maximum Gasteiger partial charge on any atom is 0.328 e. The van der Waals surface area contributed by atoms with E-state index in [1.165, 1.54) is 5.38 Å². The molecule has 0 unspecified atom stereocenters. The fourth-order valence-electron chi connectivity index (χ4n) is 0.534. The third-order valence-electron chi connectivity index (χ3n) is 0.989. The van der Waals surface area contributed by atoms with Crippen molar-refractivity contribution in [2.75, 3.05) is 5.32 Å². The van der Waals surface area contributed by atoms with Crippen molar-refractivity contribution >= 4 is 29.2 Å². The highest BCUT2D eigenvalue weighted by atomic mass is 32.1. The van der Waals surface area contributed by atoms with Crippen LogP contribution in [0.15, 0.2) is 17.5 Å². The molecule has 0 spiro atoms. The van der Waals surface area contributed by atoms with Crippen LogP contribution in [0.3, 0.4) is 0 Å². The number of carboxylic acids is 1. The van der Waals surface area contributed by atoms with Crippen LogP contribution in [0.1, 0.15) is 0 Å². The average molecular weight is 199 g/mol. The largest absolute Gasteiger partial charge is 0.478 e. The lowest BCUT2D eigenvalue weighted by Crippen LogP contribution is -2.08. The van der Waals surface area contributed by atoms with E-state index in [-0.39, 0.29) is 0 Å². The van der Waals surface area contributed by atoms with Gasteiger partial charge in [-0.15, -0.1) is 5.10 Å². The van der Waals surface area contributed by atoms with Crippen LogP contribution in [0.5, 0.6) is 0 Å². The van der Waals surface area contributed by atoms with Crippen LogP contribution in [0.25, 0.3) is 0 Å². The lowest BCUT2D eigenvalue weighted by atomic mass is 10.4. The number of carboxylic acid groups (broad SMARTS) is 1. The molecule has 0 fully saturated rings. The molecule has 0 aliphatic heterocycles. The SMILES string of the molecule is O=C(O)/C=C\C(=O)Nc1csnn1. The molecule has 1 rings (SSSR count). The number of anilines is 1. The van der Waals surface area contributed by atoms with Gasteiger partial charge >= 0.3 is 5.97 Å². The predicted octanol–water partition coefficient (Wildman–Crippen LogP) is 0.117. The van der Waals surface area contributed by atoms with Crippen LogP contribution in [0.2, 0.25) is 0 Å². The minimum Gasteiger partial charge on any atom is -0.478 e. The molecule has 7 heteroatoms. The van der Waals surface area contributed by atoms with Gasteiger partial charge in [-0.25, -0.2) is 4.79 Å². The summed E-state index contributed by atoms with van der Waals surface area (Å²) in [7, 11) is 0. The molecule has 1 aromatic heterocycles. The number of aliphatic carboxylic acids is 1. The highest BCUT2D eigenvalue weighted by Gasteiger charge is 1.99. The van der Waals surface area contributed by atoms with Crippen molar-refractivity contribution in [3.8, 4) is 0 Å². The van der Waals surface area contributed by atoms with E-state index in [2.05, 4.69) is 14.9 Å². The number of carbonyl (C=O) groups is 2. The lowest BCUT2D eigenvalue weighted by molar-refractivity contribution is -0.131. The third kappa shape index (κ3) is 3.43. The number of carbonyl (C=O) groups excluding carboxylic acids is 1. The quantitative estimate of drug-likeness (QED) is 0.674. The Kier molecular flexibility index (Phi) is 3.09. The van der Waals surface area contributed by atoms with Crippen molar-refractivity contribution in [3.05, 3.63) is 17.5 Å². The van der Waals surface area contributed by atoms with Crippen molar-refractivity contribution < 1.29 is 14.7 Å². The summed E-state index contributed by atoms with van der Waals surface area (Å²) in [5.74, 6) is -1.41. The Morgan fingerprint density at radius 2 is 2.31 bits per heavy atom. The van der Waals surface area contributed by atoms with Gasteiger partial charge in [-0.05, 0) is 11.5 Å². The van der Waals surface area contributed by atoms with Crippen LogP contribution < -0.4 is 5.32 Å². The smallest absolute Gasteiger partial charge is 0.328 e. The van der Waals surface area contributed by atoms with Gasteiger partial charge < -0.3 is 10.4 Å². The Balaban J connectivity index is 2.47. The summed E-state index contributed by atoms with van der Waals surface area (Å²) in [6, 6.07) is 0. The topological polar surface area (TPSA) is 92.2 Å². The standard InChI is InChI=1S/C6H5N3O3S/c10-5(1-2-6(11)12)7-4-3-13-9-8-4/h1-3H,(H,7,10)(H,11,12)/b2-1-. The van der Waals surface area contributed by atoms with Gasteiger partial charge in [0.15, 0.2) is 5.82 Å². The molecular formula is C6H5N3O3S. The number of hydrogen-bond donors (Lipinski definition) is 2. The van der Waals surface area contributed by atoms with Crippen LogP contribution >= 0.6 is 11.5 Å². The summed E-state index contributed by atoms with van der Waals surface area (Å²) >= 11 is 1.09. The molecule has 0 aliphatic rings. The Morgan fingerprint density at radius 3 is 2.85 bits per heavy atom. The van der Waals surface area contributed by atoms with Crippen LogP contribution in [-0.2, 0) is 9.59 Å². The molecule has 0 aromatic carbocycles. The van der Waals surface area contributed by atoms with Crippen LogP contribution in [0, 0.1) is 0 Å². The van der Waals surface area contributed by atoms with E-state index in [1.807, 2.05) is 0 Å². The Bertz CT molecular complexity index is 333. The van der Waals surface area contributed by atoms with Crippen molar-refractivity contribution in [3.63, 3.8) is 0 Å². The summed E-state index contributed by atoms with van der Waals surface area (Å²) in [5.41, 5.74) is 0. The van der Waals surface area contributed by atoms with E-state index < -0.39 is 11.9 Å². The first-order chi connectivity index (χ1) is 6.18. The Labute approximate surface area is 77.1 Å². The van der Waals surface area contributed by atoms with Gasteiger partial charge in [0.2, 0.25) is 5.91 Å². The van der Waals surface area contributed by atoms with E-state index in [0.717, 1.165) is 23.7 Å². The van der Waals surface area contributed by atoms with E-state index in [0.29, 0.717) is 5.82 Å². The van der Waals surface area contributed by atoms with Crippen molar-refractivity contribution in [2.24, 2.45) is 0 Å². The lowest BCUT2D eigenvalue weighted by Gasteiger charge is -1.92. The van der Waals surface area contributed by atoms with Gasteiger partial charge in [0.05, 0.1) is 5.38 Å². The van der Waals surface area contributed by atoms with Gasteiger partial charge in [-0.3, -0.25) is 4.79 Å². The molecule has 1 heterocycles. The van der Waals surface area contributed by atoms with E-state index in [9.17, 15) is 9.59 Å². The van der Waals surface area contributed by atoms with Crippen LogP contribution in [-0.4, -0.2) is 26.6 Å². The molecule has 2 N–H and O–H groups in total. The zero-order valence-electron chi connectivity index (χ0n) is 6.30. The third-order valence-corrected chi connectivity index (χ3v) is 1.49. The molecule has 68 valence electrons. The summed E-state index contributed by atoms with van der Waals surface area (Å²) in [6.45, 7) is 0. The van der Waals surface area contributed by atoms with Gasteiger partial charge in [0.25, 0.3) is 0 Å². The molecule has 1 aromatic rings. The highest BCUT2D eigenvalue weighted by molar-refractivity contribution is 7.03. The number of nitrogens with zero attached hydrogens (tertiary/aromatic N) is 2. The normalized spacial score (nSPS) is 10.2. The Hall–Kier alpha value is -1.76. The maximum absolute atomic E-state index is 10.9. The molecule has 0 atom stereocenters. The molecule has 13 heavy (non-hydrogen) atoms. The molecule has 1 amide bonds. The minimum atomic E-state index is -1.17. The summed E-state index contributed by atoms with van der Waals surface area (Å²) in [6.07, 6.45) is 1.65. The first kappa shape index (κ1) is 9.33. The average Bonchev–Trinajstić information content (AvgIpc) is 2.53. The van der Waals surface area contributed by atoms with Crippen molar-refractivity contribution in [2.45, 2.75) is 0 Å². The monoisotopic (exact) mass is 199 g/mol. The number of amides is 1. The van der Waals surface area contributed by atoms with Crippen molar-refractivity contribution in [1.82, 2.24) is 9.59 Å². The summed E-state index contributed by atoms with van der Waals surface area (Å²) in [5, 5.41) is 15.6. The van der Waals surface area contributed by atoms with Gasteiger partial charge in [-0.1, -0.05) is 4.49 Å². The first-order valence-corrected chi connectivity index (χ1v) is 4.01. The second-order valence-electron chi connectivity index (χ2n) is 1.95. The fraction of sp³-hybridized carbons (Fsp3) is 0. The zero-order valence-corrected chi connectivity index (χ0v) is 7.11. The molecule has 0 saturated carbocycles. The predicted molar refractivity (Wildman–Crippen MR) is 45.3 cm³/mol. The highest BCUT2D eigenvalue weighted by Crippen LogP contribution is 2.02. The van der Waals surface area contributed by atoms with Gasteiger partial charge in [0, 0.05) is 12.2 Å². The molecule has 0 radical (unpaired) electrons. The molecule has 6 nitrogen and oxygen atoms in total. The second kappa shape index (κ2) is 4.31. The second-order valence-corrected chi connectivity index (χ2v) is 2.56. The fourth-order valence-corrected chi connectivity index (χ4v) is 0.922. The Morgan fingerprint density at radius 1 is 1.54 bits per heavy atom. The van der Waals surface area contributed by atoms with E-state index >= 15 is 0 Å². The number of nitrogens with one attached hydrogen (secondary N) is 1. The number of rotatable bonds is 3. The molecule has 0 aliphatic carbocycles. The summed E-state index contributed by atoms with van der Waals surface area (Å²) in [4.78, 5) is 20.9. The zero-order chi connectivity index (χ0) is 9.68. The number of hydrogen-bond acceptors (Lipinski definition) is 5.